The lowest BCUT2D eigenvalue weighted by molar-refractivity contribution is 0.174. The van der Waals surface area contributed by atoms with Crippen LogP contribution in [0.3, 0.4) is 0 Å². The Labute approximate surface area is 136 Å². The number of likely N-dealkylation sites (N-methyl/N-ethyl adjacent to an activating group) is 1. The Morgan fingerprint density at radius 2 is 1.90 bits per heavy atom. The smallest absolute Gasteiger partial charge is 0.0482 e. The fourth-order valence-corrected chi connectivity index (χ4v) is 3.29. The first kappa shape index (κ1) is 18.0. The summed E-state index contributed by atoms with van der Waals surface area (Å²) >= 11 is 9.77. The number of benzene rings is 1. The normalized spacial score (nSPS) is 13.2. The molecule has 0 saturated heterocycles. The van der Waals surface area contributed by atoms with Crippen LogP contribution in [0, 0.1) is 5.92 Å². The van der Waals surface area contributed by atoms with Crippen LogP contribution in [0.5, 0.6) is 0 Å². The van der Waals surface area contributed by atoms with Crippen LogP contribution < -0.4 is 5.73 Å². The van der Waals surface area contributed by atoms with E-state index in [1.165, 1.54) is 18.4 Å². The number of nitrogens with zero attached hydrogens (tertiary/aromatic N) is 1. The van der Waals surface area contributed by atoms with Gasteiger partial charge in [-0.3, -0.25) is 4.90 Å². The molecular weight excluding hydrogens is 336 g/mol. The van der Waals surface area contributed by atoms with E-state index in [1.54, 1.807) is 0 Å². The zero-order chi connectivity index (χ0) is 15.1. The molecule has 2 nitrogen and oxygen atoms in total. The third kappa shape index (κ3) is 4.73. The predicted octanol–water partition coefficient (Wildman–Crippen LogP) is 4.86. The highest BCUT2D eigenvalue weighted by atomic mass is 79.9. The zero-order valence-electron chi connectivity index (χ0n) is 12.7. The van der Waals surface area contributed by atoms with Crippen LogP contribution in [0.2, 0.25) is 5.02 Å². The first-order chi connectivity index (χ1) is 9.57. The Balaban J connectivity index is 2.99. The van der Waals surface area contributed by atoms with Crippen LogP contribution in [-0.4, -0.2) is 24.5 Å². The Bertz CT molecular complexity index is 407. The molecule has 0 bridgehead atoms. The SMILES string of the molecule is CCC(CC)CN(CC)C(CN)c1cc(Cl)ccc1Br. The summed E-state index contributed by atoms with van der Waals surface area (Å²) in [4.78, 5) is 2.47. The Hall–Kier alpha value is -0.0900. The Morgan fingerprint density at radius 3 is 2.40 bits per heavy atom. The van der Waals surface area contributed by atoms with Gasteiger partial charge in [0.25, 0.3) is 0 Å². The van der Waals surface area contributed by atoms with Crippen LogP contribution in [-0.2, 0) is 0 Å². The second-order valence-corrected chi connectivity index (χ2v) is 6.48. The van der Waals surface area contributed by atoms with Crippen LogP contribution in [0.4, 0.5) is 0 Å². The van der Waals surface area contributed by atoms with Gasteiger partial charge in [-0.15, -0.1) is 0 Å². The van der Waals surface area contributed by atoms with Crippen molar-refractivity contribution < 1.29 is 0 Å². The molecule has 20 heavy (non-hydrogen) atoms. The van der Waals surface area contributed by atoms with E-state index in [9.17, 15) is 0 Å². The first-order valence-electron chi connectivity index (χ1n) is 7.46. The summed E-state index contributed by atoms with van der Waals surface area (Å²) in [5.74, 6) is 0.724. The van der Waals surface area contributed by atoms with Gasteiger partial charge >= 0.3 is 0 Å². The summed E-state index contributed by atoms with van der Waals surface area (Å²) in [6, 6.07) is 6.15. The maximum atomic E-state index is 6.15. The maximum Gasteiger partial charge on any atom is 0.0482 e. The molecule has 0 spiro atoms. The van der Waals surface area contributed by atoms with Crippen molar-refractivity contribution >= 4 is 27.5 Å². The van der Waals surface area contributed by atoms with Crippen LogP contribution in [0.25, 0.3) is 0 Å². The van der Waals surface area contributed by atoms with Gasteiger partial charge in [-0.25, -0.2) is 0 Å². The summed E-state index contributed by atoms with van der Waals surface area (Å²) in [6.07, 6.45) is 2.42. The van der Waals surface area contributed by atoms with Crippen molar-refractivity contribution in [3.05, 3.63) is 33.3 Å². The van der Waals surface area contributed by atoms with Crippen LogP contribution >= 0.6 is 27.5 Å². The summed E-state index contributed by atoms with van der Waals surface area (Å²) in [7, 11) is 0. The van der Waals surface area contributed by atoms with Gasteiger partial charge in [0.1, 0.15) is 0 Å². The quantitative estimate of drug-likeness (QED) is 0.716. The molecule has 0 radical (unpaired) electrons. The van der Waals surface area contributed by atoms with Gasteiger partial charge in [0, 0.05) is 28.6 Å². The highest BCUT2D eigenvalue weighted by Gasteiger charge is 2.22. The van der Waals surface area contributed by atoms with Gasteiger partial charge in [0.2, 0.25) is 0 Å². The van der Waals surface area contributed by atoms with Gasteiger partial charge in [-0.05, 0) is 36.2 Å². The second-order valence-electron chi connectivity index (χ2n) is 5.19. The van der Waals surface area contributed by atoms with Gasteiger partial charge in [0.05, 0.1) is 0 Å². The Morgan fingerprint density at radius 1 is 1.25 bits per heavy atom. The largest absolute Gasteiger partial charge is 0.329 e. The van der Waals surface area contributed by atoms with E-state index >= 15 is 0 Å². The van der Waals surface area contributed by atoms with Crippen molar-refractivity contribution in [1.29, 1.82) is 0 Å². The van der Waals surface area contributed by atoms with E-state index < -0.39 is 0 Å². The van der Waals surface area contributed by atoms with Crippen molar-refractivity contribution in [1.82, 2.24) is 4.90 Å². The fraction of sp³-hybridized carbons (Fsp3) is 0.625. The molecule has 1 unspecified atom stereocenters. The first-order valence-corrected chi connectivity index (χ1v) is 8.63. The molecule has 0 saturated carbocycles. The number of nitrogens with two attached hydrogens (primary N) is 1. The minimum absolute atomic E-state index is 0.216. The number of rotatable bonds is 8. The zero-order valence-corrected chi connectivity index (χ0v) is 15.0. The highest BCUT2D eigenvalue weighted by Crippen LogP contribution is 2.30. The number of hydrogen-bond acceptors (Lipinski definition) is 2. The molecule has 1 rings (SSSR count). The molecule has 114 valence electrons. The lowest BCUT2D eigenvalue weighted by Crippen LogP contribution is -2.37. The van der Waals surface area contributed by atoms with Crippen molar-refractivity contribution in [3.8, 4) is 0 Å². The predicted molar refractivity (Wildman–Crippen MR) is 92.3 cm³/mol. The summed E-state index contributed by atoms with van der Waals surface area (Å²) in [6.45, 7) is 9.40. The summed E-state index contributed by atoms with van der Waals surface area (Å²) in [5, 5.41) is 0.764. The van der Waals surface area contributed by atoms with E-state index in [4.69, 9.17) is 17.3 Å². The molecule has 0 heterocycles. The van der Waals surface area contributed by atoms with Crippen molar-refractivity contribution in [2.24, 2.45) is 11.7 Å². The van der Waals surface area contributed by atoms with Gasteiger partial charge in [-0.2, -0.15) is 0 Å². The molecule has 0 amide bonds. The van der Waals surface area contributed by atoms with Crippen molar-refractivity contribution in [2.75, 3.05) is 19.6 Å². The summed E-state index contributed by atoms with van der Waals surface area (Å²) in [5.41, 5.74) is 7.24. The molecule has 0 aliphatic heterocycles. The lowest BCUT2D eigenvalue weighted by atomic mass is 9.99. The molecule has 0 aromatic heterocycles. The molecule has 2 N–H and O–H groups in total. The maximum absolute atomic E-state index is 6.15. The van der Waals surface area contributed by atoms with Gasteiger partial charge < -0.3 is 5.73 Å². The molecular formula is C16H26BrClN2. The minimum Gasteiger partial charge on any atom is -0.329 e. The van der Waals surface area contributed by atoms with Gasteiger partial charge in [0.15, 0.2) is 0 Å². The molecule has 0 fully saturated rings. The average molecular weight is 362 g/mol. The van der Waals surface area contributed by atoms with Crippen LogP contribution in [0.1, 0.15) is 45.2 Å². The third-order valence-electron chi connectivity index (χ3n) is 4.03. The molecule has 4 heteroatoms. The number of halogens is 2. The van der Waals surface area contributed by atoms with Gasteiger partial charge in [-0.1, -0.05) is 61.1 Å². The van der Waals surface area contributed by atoms with Crippen molar-refractivity contribution in [2.45, 2.75) is 39.7 Å². The van der Waals surface area contributed by atoms with E-state index in [2.05, 4.69) is 41.6 Å². The molecule has 0 aliphatic rings. The topological polar surface area (TPSA) is 29.3 Å². The fourth-order valence-electron chi connectivity index (χ4n) is 2.60. The molecule has 1 atom stereocenters. The molecule has 0 aliphatic carbocycles. The third-order valence-corrected chi connectivity index (χ3v) is 4.99. The van der Waals surface area contributed by atoms with E-state index in [0.717, 1.165) is 28.5 Å². The second kappa shape index (κ2) is 9.04. The standard InChI is InChI=1S/C16H26BrClN2/c1-4-12(5-2)11-20(6-3)16(10-19)14-9-13(18)7-8-15(14)17/h7-9,12,16H,4-6,10-11,19H2,1-3H3. The summed E-state index contributed by atoms with van der Waals surface area (Å²) < 4.78 is 1.08. The minimum atomic E-state index is 0.216. The highest BCUT2D eigenvalue weighted by molar-refractivity contribution is 9.10. The van der Waals surface area contributed by atoms with Crippen LogP contribution in [0.15, 0.2) is 22.7 Å². The number of hydrogen-bond donors (Lipinski definition) is 1. The van der Waals surface area contributed by atoms with E-state index in [0.29, 0.717) is 6.54 Å². The van der Waals surface area contributed by atoms with E-state index in [1.807, 2.05) is 18.2 Å². The lowest BCUT2D eigenvalue weighted by Gasteiger charge is -2.33. The van der Waals surface area contributed by atoms with E-state index in [-0.39, 0.29) is 6.04 Å². The molecule has 1 aromatic carbocycles. The monoisotopic (exact) mass is 360 g/mol. The molecule has 1 aromatic rings. The average Bonchev–Trinajstić information content (AvgIpc) is 2.46. The Kier molecular flexibility index (Phi) is 8.11. The van der Waals surface area contributed by atoms with Crippen molar-refractivity contribution in [3.63, 3.8) is 0 Å².